The van der Waals surface area contributed by atoms with E-state index >= 15 is 0 Å². The standard InChI is InChI=1S/C19H21N3O3/c1-13(23)22-10-8-14-5-3-4-6-15(14)17(22)11-19(24)21-16-12-20-9-7-18(16)25-2/h3-7,9,12,17H,8,10-11H2,1-2H3,(H,21,24). The maximum atomic E-state index is 12.6. The molecule has 1 aromatic heterocycles. The van der Waals surface area contributed by atoms with E-state index in [4.69, 9.17) is 4.74 Å². The third-order valence-corrected chi connectivity index (χ3v) is 4.47. The summed E-state index contributed by atoms with van der Waals surface area (Å²) in [6.07, 6.45) is 4.15. The molecule has 1 unspecified atom stereocenters. The molecular weight excluding hydrogens is 318 g/mol. The van der Waals surface area contributed by atoms with Gasteiger partial charge in [0.15, 0.2) is 0 Å². The largest absolute Gasteiger partial charge is 0.494 e. The number of anilines is 1. The van der Waals surface area contributed by atoms with E-state index in [-0.39, 0.29) is 24.3 Å². The highest BCUT2D eigenvalue weighted by Crippen LogP contribution is 2.33. The molecule has 0 fully saturated rings. The number of pyridine rings is 1. The zero-order valence-corrected chi connectivity index (χ0v) is 14.4. The number of amides is 2. The Bertz CT molecular complexity index is 791. The van der Waals surface area contributed by atoms with E-state index < -0.39 is 0 Å². The van der Waals surface area contributed by atoms with Crippen LogP contribution in [-0.2, 0) is 16.0 Å². The molecule has 2 heterocycles. The molecule has 2 aromatic rings. The lowest BCUT2D eigenvalue weighted by atomic mass is 9.90. The van der Waals surface area contributed by atoms with Gasteiger partial charge in [-0.15, -0.1) is 0 Å². The van der Waals surface area contributed by atoms with Gasteiger partial charge in [-0.25, -0.2) is 0 Å². The fourth-order valence-corrected chi connectivity index (χ4v) is 3.28. The summed E-state index contributed by atoms with van der Waals surface area (Å²) in [5.41, 5.74) is 2.75. The van der Waals surface area contributed by atoms with Crippen molar-refractivity contribution in [3.63, 3.8) is 0 Å². The van der Waals surface area contributed by atoms with Crippen molar-refractivity contribution in [2.24, 2.45) is 0 Å². The van der Waals surface area contributed by atoms with Crippen LogP contribution in [0.4, 0.5) is 5.69 Å². The maximum Gasteiger partial charge on any atom is 0.226 e. The van der Waals surface area contributed by atoms with Crippen molar-refractivity contribution < 1.29 is 14.3 Å². The topological polar surface area (TPSA) is 71.5 Å². The molecule has 0 saturated carbocycles. The molecule has 1 aromatic carbocycles. The maximum absolute atomic E-state index is 12.6. The minimum Gasteiger partial charge on any atom is -0.494 e. The molecule has 1 aliphatic heterocycles. The summed E-state index contributed by atoms with van der Waals surface area (Å²) in [5.74, 6) is 0.348. The van der Waals surface area contributed by atoms with Gasteiger partial charge in [-0.05, 0) is 17.5 Å². The van der Waals surface area contributed by atoms with Crippen LogP contribution in [0.15, 0.2) is 42.7 Å². The van der Waals surface area contributed by atoms with Crippen LogP contribution in [-0.4, -0.2) is 35.4 Å². The Labute approximate surface area is 146 Å². The van der Waals surface area contributed by atoms with E-state index in [1.54, 1.807) is 37.4 Å². The number of methoxy groups -OCH3 is 1. The SMILES string of the molecule is COc1ccncc1NC(=O)CC1c2ccccc2CCN1C(C)=O. The summed E-state index contributed by atoms with van der Waals surface area (Å²) in [5, 5.41) is 2.83. The minimum absolute atomic E-state index is 0.0220. The van der Waals surface area contributed by atoms with E-state index in [1.807, 2.05) is 18.2 Å². The summed E-state index contributed by atoms with van der Waals surface area (Å²) < 4.78 is 5.23. The van der Waals surface area contributed by atoms with E-state index in [9.17, 15) is 9.59 Å². The van der Waals surface area contributed by atoms with Crippen molar-refractivity contribution in [3.05, 3.63) is 53.9 Å². The average Bonchev–Trinajstić information content (AvgIpc) is 2.62. The van der Waals surface area contributed by atoms with Gasteiger partial charge in [-0.1, -0.05) is 24.3 Å². The molecule has 0 radical (unpaired) electrons. The zero-order valence-electron chi connectivity index (χ0n) is 14.4. The van der Waals surface area contributed by atoms with Crippen molar-refractivity contribution in [3.8, 4) is 5.75 Å². The van der Waals surface area contributed by atoms with Crippen LogP contribution in [0.1, 0.15) is 30.5 Å². The van der Waals surface area contributed by atoms with Gasteiger partial charge >= 0.3 is 0 Å². The van der Waals surface area contributed by atoms with Crippen molar-refractivity contribution in [2.45, 2.75) is 25.8 Å². The highest BCUT2D eigenvalue weighted by Gasteiger charge is 2.30. The normalized spacial score (nSPS) is 16.1. The van der Waals surface area contributed by atoms with Crippen molar-refractivity contribution in [1.29, 1.82) is 0 Å². The molecule has 2 amide bonds. The number of ether oxygens (including phenoxy) is 1. The second kappa shape index (κ2) is 7.34. The zero-order chi connectivity index (χ0) is 17.8. The van der Waals surface area contributed by atoms with Gasteiger partial charge in [0, 0.05) is 25.7 Å². The van der Waals surface area contributed by atoms with Gasteiger partial charge in [-0.3, -0.25) is 14.6 Å². The Balaban J connectivity index is 1.81. The van der Waals surface area contributed by atoms with Gasteiger partial charge in [0.1, 0.15) is 11.4 Å². The molecule has 25 heavy (non-hydrogen) atoms. The number of hydrogen-bond acceptors (Lipinski definition) is 4. The van der Waals surface area contributed by atoms with Crippen molar-refractivity contribution >= 4 is 17.5 Å². The number of fused-ring (bicyclic) bond motifs is 1. The highest BCUT2D eigenvalue weighted by molar-refractivity contribution is 5.93. The quantitative estimate of drug-likeness (QED) is 0.929. The van der Waals surface area contributed by atoms with Gasteiger partial charge < -0.3 is 15.0 Å². The summed E-state index contributed by atoms with van der Waals surface area (Å²) >= 11 is 0. The van der Waals surface area contributed by atoms with Gasteiger partial charge in [0.05, 0.1) is 25.8 Å². The van der Waals surface area contributed by atoms with Crippen LogP contribution in [0.2, 0.25) is 0 Å². The smallest absolute Gasteiger partial charge is 0.226 e. The molecule has 130 valence electrons. The highest BCUT2D eigenvalue weighted by atomic mass is 16.5. The second-order valence-electron chi connectivity index (χ2n) is 6.01. The fourth-order valence-electron chi connectivity index (χ4n) is 3.28. The number of carbonyl (C=O) groups is 2. The fraction of sp³-hybridized carbons (Fsp3) is 0.316. The van der Waals surface area contributed by atoms with Crippen LogP contribution < -0.4 is 10.1 Å². The molecule has 0 aliphatic carbocycles. The van der Waals surface area contributed by atoms with Crippen LogP contribution in [0, 0.1) is 0 Å². The Kier molecular flexibility index (Phi) is 4.97. The van der Waals surface area contributed by atoms with Crippen LogP contribution in [0.25, 0.3) is 0 Å². The van der Waals surface area contributed by atoms with Crippen LogP contribution in [0.3, 0.4) is 0 Å². The second-order valence-corrected chi connectivity index (χ2v) is 6.01. The third kappa shape index (κ3) is 3.63. The summed E-state index contributed by atoms with van der Waals surface area (Å²) in [4.78, 5) is 30.4. The number of carbonyl (C=O) groups excluding carboxylic acids is 2. The minimum atomic E-state index is -0.259. The summed E-state index contributed by atoms with van der Waals surface area (Å²) in [6.45, 7) is 2.17. The molecule has 0 spiro atoms. The van der Waals surface area contributed by atoms with Gasteiger partial charge in [0.25, 0.3) is 0 Å². The molecule has 0 saturated heterocycles. The van der Waals surface area contributed by atoms with E-state index in [1.165, 1.54) is 5.56 Å². The molecule has 6 nitrogen and oxygen atoms in total. The predicted octanol–water partition coefficient (Wildman–Crippen LogP) is 2.56. The molecule has 0 bridgehead atoms. The number of nitrogens with zero attached hydrogens (tertiary/aromatic N) is 2. The van der Waals surface area contributed by atoms with Crippen LogP contribution in [0.5, 0.6) is 5.75 Å². The Hall–Kier alpha value is -2.89. The third-order valence-electron chi connectivity index (χ3n) is 4.47. The first-order valence-corrected chi connectivity index (χ1v) is 8.23. The average molecular weight is 339 g/mol. The lowest BCUT2D eigenvalue weighted by Gasteiger charge is -2.36. The summed E-state index contributed by atoms with van der Waals surface area (Å²) in [6, 6.07) is 9.41. The molecule has 3 rings (SSSR count). The summed E-state index contributed by atoms with van der Waals surface area (Å²) in [7, 11) is 1.54. The molecular formula is C19H21N3O3. The molecule has 6 heteroatoms. The first-order chi connectivity index (χ1) is 12.1. The Morgan fingerprint density at radius 1 is 1.32 bits per heavy atom. The molecule has 1 N–H and O–H groups in total. The monoisotopic (exact) mass is 339 g/mol. The first-order valence-electron chi connectivity index (χ1n) is 8.23. The Morgan fingerprint density at radius 3 is 2.88 bits per heavy atom. The van der Waals surface area contributed by atoms with Gasteiger partial charge in [0.2, 0.25) is 11.8 Å². The molecule has 1 aliphatic rings. The lowest BCUT2D eigenvalue weighted by molar-refractivity contribution is -0.132. The van der Waals surface area contributed by atoms with E-state index in [0.29, 0.717) is 18.0 Å². The number of nitrogens with one attached hydrogen (secondary N) is 1. The van der Waals surface area contributed by atoms with E-state index in [0.717, 1.165) is 12.0 Å². The van der Waals surface area contributed by atoms with Crippen molar-refractivity contribution in [1.82, 2.24) is 9.88 Å². The van der Waals surface area contributed by atoms with Gasteiger partial charge in [-0.2, -0.15) is 0 Å². The number of hydrogen-bond donors (Lipinski definition) is 1. The predicted molar refractivity (Wildman–Crippen MR) is 94.3 cm³/mol. The number of aromatic nitrogens is 1. The van der Waals surface area contributed by atoms with Crippen molar-refractivity contribution in [2.75, 3.05) is 19.0 Å². The Morgan fingerprint density at radius 2 is 2.12 bits per heavy atom. The lowest BCUT2D eigenvalue weighted by Crippen LogP contribution is -2.40. The number of rotatable bonds is 4. The van der Waals surface area contributed by atoms with E-state index in [2.05, 4.69) is 16.4 Å². The van der Waals surface area contributed by atoms with Crippen LogP contribution >= 0.6 is 0 Å². The molecule has 1 atom stereocenters. The number of benzene rings is 1. The first kappa shape index (κ1) is 17.0.